The van der Waals surface area contributed by atoms with E-state index in [1.54, 1.807) is 0 Å². The Kier molecular flexibility index (Phi) is 22.9. The highest BCUT2D eigenvalue weighted by molar-refractivity contribution is 8.13. The van der Waals surface area contributed by atoms with Crippen LogP contribution < -0.4 is 27.6 Å². The van der Waals surface area contributed by atoms with E-state index in [9.17, 15) is 112 Å². The number of amides is 2. The zero-order valence-corrected chi connectivity index (χ0v) is 48.1. The fourth-order valence-electron chi connectivity index (χ4n) is 7.69. The lowest BCUT2D eigenvalue weighted by atomic mass is 9.87. The standard InChI is InChI=1S/C36H56N9O33P5S/c1-36(2,11-71-82(65,66)77-80(61,62)70-10-15-25(75-79(58,59)60)24(53)32(73-15)45-13-42-18-28(37)40-12-41-29(18)45)27(54)30(55)39-5-3-16(46)38-6-8-84-33(56)26-21(50)20(49)23(52)34(74-26)76-83(67,68)78-81(63,64)69-9-14-19(48)22(51)31(72-14)44-7-4-17(47)43-35(44)57/h4,7,12-15,19-27,31-32,34,48-54H,3,5-6,8-11H2,1-2H3,(H,38,46)(H,39,55)(H,61,62)(H,63,64)(H,65,66)(H,67,68)(H2,37,40,41)(H,43,47,57)(H2,58,59,60). The van der Waals surface area contributed by atoms with Crippen LogP contribution in [-0.4, -0.2) is 223 Å². The summed E-state index contributed by atoms with van der Waals surface area (Å²) in [5.74, 6) is -2.31. The second-order valence-electron chi connectivity index (χ2n) is 18.6. The van der Waals surface area contributed by atoms with Crippen molar-refractivity contribution >= 4 is 84.8 Å². The van der Waals surface area contributed by atoms with E-state index in [-0.39, 0.29) is 29.3 Å². The minimum absolute atomic E-state index is 0.0246. The van der Waals surface area contributed by atoms with Crippen LogP contribution in [0, 0.1) is 5.41 Å². The Bertz CT molecular complexity index is 3230. The second kappa shape index (κ2) is 27.7. The molecular formula is C36H56N9O33P5S. The number of phosphoric acid groups is 5. The zero-order chi connectivity index (χ0) is 62.7. The van der Waals surface area contributed by atoms with Gasteiger partial charge in [0.2, 0.25) is 16.9 Å². The van der Waals surface area contributed by atoms with Gasteiger partial charge in [-0.15, -0.1) is 0 Å². The number of nitrogens with zero attached hydrogens (tertiary/aromatic N) is 5. The second-order valence-corrected chi connectivity index (χ2v) is 26.9. The first-order valence-corrected chi connectivity index (χ1v) is 32.1. The quantitative estimate of drug-likeness (QED) is 0.0238. The van der Waals surface area contributed by atoms with Crippen LogP contribution in [0.15, 0.2) is 34.5 Å². The van der Waals surface area contributed by atoms with Crippen molar-refractivity contribution < 1.29 is 148 Å². The van der Waals surface area contributed by atoms with Gasteiger partial charge in [0.15, 0.2) is 36.3 Å². The number of nitrogens with two attached hydrogens (primary N) is 1. The molecular weight excluding hydrogens is 1270 g/mol. The number of ether oxygens (including phenoxy) is 3. The van der Waals surface area contributed by atoms with E-state index >= 15 is 0 Å². The Hall–Kier alpha value is -3.78. The summed E-state index contributed by atoms with van der Waals surface area (Å²) in [6.07, 6.45) is -25.7. The van der Waals surface area contributed by atoms with Gasteiger partial charge in [-0.05, 0) is 0 Å². The van der Waals surface area contributed by atoms with Gasteiger partial charge in [0.25, 0.3) is 5.56 Å². The van der Waals surface area contributed by atoms with E-state index in [4.69, 9.17) is 29.0 Å². The van der Waals surface area contributed by atoms with Gasteiger partial charge in [0, 0.05) is 42.9 Å². The van der Waals surface area contributed by atoms with Crippen LogP contribution >= 0.6 is 50.9 Å². The minimum atomic E-state index is -5.92. The number of aromatic amines is 1. The molecule has 3 aromatic rings. The number of hydrogen-bond acceptors (Lipinski definition) is 32. The molecule has 3 aliphatic heterocycles. The van der Waals surface area contributed by atoms with Crippen molar-refractivity contribution in [3.63, 3.8) is 0 Å². The molecule has 48 heteroatoms. The summed E-state index contributed by atoms with van der Waals surface area (Å²) >= 11 is 0.348. The van der Waals surface area contributed by atoms with E-state index in [0.29, 0.717) is 16.3 Å². The van der Waals surface area contributed by atoms with Crippen molar-refractivity contribution in [3.05, 3.63) is 45.8 Å². The number of aliphatic hydroxyl groups is 7. The van der Waals surface area contributed by atoms with E-state index in [1.807, 2.05) is 4.98 Å². The molecule has 3 saturated heterocycles. The van der Waals surface area contributed by atoms with Gasteiger partial charge in [0.05, 0.1) is 26.1 Å². The third-order valence-corrected chi connectivity index (χ3v) is 18.5. The van der Waals surface area contributed by atoms with Crippen LogP contribution in [0.1, 0.15) is 32.7 Å². The van der Waals surface area contributed by atoms with Gasteiger partial charge in [-0.2, -0.15) is 8.62 Å². The summed E-state index contributed by atoms with van der Waals surface area (Å²) < 4.78 is 112. The number of H-pyrrole nitrogens is 1. The summed E-state index contributed by atoms with van der Waals surface area (Å²) in [7, 11) is -28.4. The molecule has 0 radical (unpaired) electrons. The van der Waals surface area contributed by atoms with Gasteiger partial charge in [0.1, 0.15) is 72.9 Å². The molecule has 3 aliphatic rings. The molecule has 42 nitrogen and oxygen atoms in total. The van der Waals surface area contributed by atoms with Crippen LogP contribution in [0.25, 0.3) is 11.2 Å². The maximum Gasteiger partial charge on any atom is 0.483 e. The number of phosphoric ester groups is 5. The number of carbonyl (C=O) groups is 3. The summed E-state index contributed by atoms with van der Waals surface area (Å²) in [5, 5.41) is 76.9. The van der Waals surface area contributed by atoms with Crippen molar-refractivity contribution in [1.29, 1.82) is 0 Å². The molecule has 84 heavy (non-hydrogen) atoms. The van der Waals surface area contributed by atoms with E-state index in [1.165, 1.54) is 0 Å². The Labute approximate surface area is 472 Å². The number of carbonyl (C=O) groups excluding carboxylic acids is 3. The van der Waals surface area contributed by atoms with E-state index in [0.717, 1.165) is 43.3 Å². The van der Waals surface area contributed by atoms with Gasteiger partial charge < -0.3 is 95.7 Å². The molecule has 3 aromatic heterocycles. The van der Waals surface area contributed by atoms with Crippen LogP contribution in [0.2, 0.25) is 0 Å². The smallest absolute Gasteiger partial charge is 0.387 e. The monoisotopic (exact) mass is 1330 g/mol. The molecule has 6 rings (SSSR count). The highest BCUT2D eigenvalue weighted by Gasteiger charge is 2.53. The number of fused-ring (bicyclic) bond motifs is 1. The number of aromatic nitrogens is 6. The number of aliphatic hydroxyl groups excluding tert-OH is 7. The molecule has 18 unspecified atom stereocenters. The minimum Gasteiger partial charge on any atom is -0.387 e. The first kappa shape index (κ1) is 69.3. The van der Waals surface area contributed by atoms with Crippen LogP contribution in [0.5, 0.6) is 0 Å². The molecule has 0 aromatic carbocycles. The fraction of sp³-hybridized carbons (Fsp3) is 0.667. The average molecular weight is 1330 g/mol. The molecule has 2 amide bonds. The van der Waals surface area contributed by atoms with Crippen molar-refractivity contribution in [2.24, 2.45) is 5.41 Å². The van der Waals surface area contributed by atoms with E-state index in [2.05, 4.69) is 47.8 Å². The first-order chi connectivity index (χ1) is 38.8. The fourth-order valence-corrected chi connectivity index (χ4v) is 13.4. The number of imidazole rings is 1. The molecule has 0 saturated carbocycles. The summed E-state index contributed by atoms with van der Waals surface area (Å²) in [6, 6.07) is 0.876. The lowest BCUT2D eigenvalue weighted by Crippen LogP contribution is -2.59. The Morgan fingerprint density at radius 3 is 2.00 bits per heavy atom. The summed E-state index contributed by atoms with van der Waals surface area (Å²) in [4.78, 5) is 135. The predicted molar refractivity (Wildman–Crippen MR) is 269 cm³/mol. The predicted octanol–water partition coefficient (Wildman–Crippen LogP) is -6.11. The van der Waals surface area contributed by atoms with Gasteiger partial charge in [-0.25, -0.2) is 42.6 Å². The number of rotatable bonds is 28. The molecule has 474 valence electrons. The van der Waals surface area contributed by atoms with Crippen molar-refractivity contribution in [1.82, 2.24) is 39.7 Å². The lowest BCUT2D eigenvalue weighted by Gasteiger charge is -2.39. The normalized spacial score (nSPS) is 30.0. The SMILES string of the molecule is CC(C)(COP(=O)(O)OP(=O)(O)OCC1OC(n2cnc3c(N)ncnc32)C(O)C1OP(=O)(O)O)C(O)C(=O)NCCC(=O)NCCSC(=O)C1OC(OP(=O)(O)OP(=O)(O)OCC2OC(n3ccc(=O)[nH]c3=O)C(O)C2O)C(O)C(O)C1O. The number of thioether (sulfide) groups is 1. The van der Waals surface area contributed by atoms with Crippen molar-refractivity contribution in [3.8, 4) is 0 Å². The van der Waals surface area contributed by atoms with E-state index < -0.39 is 191 Å². The zero-order valence-electron chi connectivity index (χ0n) is 42.8. The third-order valence-electron chi connectivity index (χ3n) is 11.9. The maximum atomic E-state index is 13.0. The van der Waals surface area contributed by atoms with Crippen molar-refractivity contribution in [2.75, 3.05) is 44.4 Å². The molecule has 0 aliphatic carbocycles. The van der Waals surface area contributed by atoms with Crippen molar-refractivity contribution in [2.45, 2.75) is 106 Å². The molecule has 6 heterocycles. The van der Waals surface area contributed by atoms with Gasteiger partial charge >= 0.3 is 44.8 Å². The largest absolute Gasteiger partial charge is 0.483 e. The summed E-state index contributed by atoms with van der Waals surface area (Å²) in [5.41, 5.74) is 2.10. The molecule has 0 bridgehead atoms. The Balaban J connectivity index is 0.892. The van der Waals surface area contributed by atoms with Crippen LogP contribution in [-0.2, 0) is 82.7 Å². The Morgan fingerprint density at radius 1 is 0.750 bits per heavy atom. The van der Waals surface area contributed by atoms with Gasteiger partial charge in [-0.3, -0.25) is 55.9 Å². The Morgan fingerprint density at radius 2 is 1.36 bits per heavy atom. The average Bonchev–Trinajstić information content (AvgIpc) is 2.22. The number of anilines is 1. The molecule has 18 N–H and O–H groups in total. The highest BCUT2D eigenvalue weighted by Crippen LogP contribution is 2.63. The number of hydrogen-bond donors (Lipinski definition) is 17. The first-order valence-electron chi connectivity index (χ1n) is 23.6. The molecule has 0 spiro atoms. The molecule has 18 atom stereocenters. The summed E-state index contributed by atoms with van der Waals surface area (Å²) in [6.45, 7) is -1.88. The highest BCUT2D eigenvalue weighted by atomic mass is 32.2. The maximum absolute atomic E-state index is 13.0. The topological polar surface area (TPSA) is 640 Å². The molecule has 3 fully saturated rings. The van der Waals surface area contributed by atoms with Gasteiger partial charge in [-0.1, -0.05) is 25.6 Å². The van der Waals surface area contributed by atoms with Crippen LogP contribution in [0.3, 0.4) is 0 Å². The third kappa shape index (κ3) is 18.2. The lowest BCUT2D eigenvalue weighted by molar-refractivity contribution is -0.267. The van der Waals surface area contributed by atoms with Crippen LogP contribution in [0.4, 0.5) is 5.82 Å². The number of nitrogen functional groups attached to an aromatic ring is 1. The number of nitrogens with one attached hydrogen (secondary N) is 3.